The lowest BCUT2D eigenvalue weighted by atomic mass is 10.1. The Bertz CT molecular complexity index is 1220. The molecule has 0 aliphatic rings. The lowest BCUT2D eigenvalue weighted by molar-refractivity contribution is 1.24. The fourth-order valence-corrected chi connectivity index (χ4v) is 3.57. The topological polar surface area (TPSA) is 17.3 Å². The minimum Gasteiger partial charge on any atom is -0.315 e. The monoisotopic (exact) mass is 328 g/mol. The van der Waals surface area contributed by atoms with Gasteiger partial charge in [0.1, 0.15) is 0 Å². The Morgan fingerprint density at radius 3 is 2.58 bits per heavy atom. The molecule has 0 spiro atoms. The van der Waals surface area contributed by atoms with Crippen molar-refractivity contribution in [1.82, 2.24) is 9.38 Å². The summed E-state index contributed by atoms with van der Waals surface area (Å²) in [4.78, 5) is 4.96. The molecule has 0 aliphatic carbocycles. The van der Waals surface area contributed by atoms with E-state index in [9.17, 15) is 0 Å². The lowest BCUT2D eigenvalue weighted by Gasteiger charge is -2.08. The van der Waals surface area contributed by atoms with Crippen LogP contribution in [-0.4, -0.2) is 9.38 Å². The molecule has 5 aromatic rings. The first-order valence-electron chi connectivity index (χ1n) is 7.86. The van der Waals surface area contributed by atoms with Gasteiger partial charge in [0.15, 0.2) is 0 Å². The molecule has 0 saturated heterocycles. The first kappa shape index (κ1) is 13.6. The van der Waals surface area contributed by atoms with Crippen molar-refractivity contribution in [2.45, 2.75) is 0 Å². The van der Waals surface area contributed by atoms with Crippen molar-refractivity contribution in [3.63, 3.8) is 0 Å². The second-order valence-corrected chi connectivity index (χ2v) is 6.33. The fourth-order valence-electron chi connectivity index (χ4n) is 3.38. The maximum atomic E-state index is 6.22. The Labute approximate surface area is 143 Å². The third kappa shape index (κ3) is 1.93. The van der Waals surface area contributed by atoms with Crippen molar-refractivity contribution in [2.75, 3.05) is 0 Å². The van der Waals surface area contributed by atoms with E-state index in [1.165, 1.54) is 10.8 Å². The summed E-state index contributed by atoms with van der Waals surface area (Å²) in [5.41, 5.74) is 5.26. The van der Waals surface area contributed by atoms with Crippen LogP contribution in [0.25, 0.3) is 38.6 Å². The van der Waals surface area contributed by atoms with Crippen LogP contribution in [0.4, 0.5) is 0 Å². The van der Waals surface area contributed by atoms with Crippen molar-refractivity contribution in [2.24, 2.45) is 0 Å². The highest BCUT2D eigenvalue weighted by Gasteiger charge is 2.14. The highest BCUT2D eigenvalue weighted by atomic mass is 35.5. The zero-order valence-corrected chi connectivity index (χ0v) is 13.5. The largest absolute Gasteiger partial charge is 0.315 e. The van der Waals surface area contributed by atoms with Crippen LogP contribution in [0.5, 0.6) is 0 Å². The van der Waals surface area contributed by atoms with Gasteiger partial charge in [-0.05, 0) is 36.4 Å². The van der Waals surface area contributed by atoms with Crippen molar-refractivity contribution in [3.05, 3.63) is 84.0 Å². The van der Waals surface area contributed by atoms with Crippen LogP contribution in [0.3, 0.4) is 0 Å². The quantitative estimate of drug-likeness (QED) is 0.371. The second kappa shape index (κ2) is 5.08. The molecule has 0 amide bonds. The van der Waals surface area contributed by atoms with Gasteiger partial charge in [-0.2, -0.15) is 0 Å². The number of nitrogens with zero attached hydrogens (tertiary/aromatic N) is 2. The summed E-state index contributed by atoms with van der Waals surface area (Å²) in [5.74, 6) is 0. The second-order valence-electron chi connectivity index (χ2n) is 5.89. The van der Waals surface area contributed by atoms with Gasteiger partial charge >= 0.3 is 0 Å². The van der Waals surface area contributed by atoms with Crippen molar-refractivity contribution in [3.8, 4) is 11.3 Å². The average molecular weight is 329 g/mol. The maximum Gasteiger partial charge on any atom is 0.0956 e. The normalized spacial score (nSPS) is 11.5. The average Bonchev–Trinajstić information content (AvgIpc) is 3.01. The molecule has 2 nitrogen and oxygen atoms in total. The van der Waals surface area contributed by atoms with Gasteiger partial charge in [-0.25, -0.2) is 4.98 Å². The molecule has 3 aromatic heterocycles. The molecule has 3 heteroatoms. The SMILES string of the molecule is Clc1cccc(-c2nc3ccccc3c3cc4ccccn4c23)c1. The molecule has 0 N–H and O–H groups in total. The van der Waals surface area contributed by atoms with Crippen molar-refractivity contribution in [1.29, 1.82) is 0 Å². The minimum atomic E-state index is 0.719. The number of aromatic nitrogens is 2. The molecule has 0 unspecified atom stereocenters. The molecule has 0 radical (unpaired) electrons. The number of fused-ring (bicyclic) bond motifs is 5. The van der Waals surface area contributed by atoms with E-state index in [4.69, 9.17) is 16.6 Å². The summed E-state index contributed by atoms with van der Waals surface area (Å²) in [5, 5.41) is 3.10. The van der Waals surface area contributed by atoms with Gasteiger partial charge in [0.25, 0.3) is 0 Å². The van der Waals surface area contributed by atoms with E-state index < -0.39 is 0 Å². The number of hydrogen-bond donors (Lipinski definition) is 0. The van der Waals surface area contributed by atoms with Gasteiger partial charge in [-0.1, -0.05) is 48.0 Å². The third-order valence-electron chi connectivity index (χ3n) is 4.43. The molecule has 2 aromatic carbocycles. The van der Waals surface area contributed by atoms with Crippen LogP contribution in [0.2, 0.25) is 5.02 Å². The van der Waals surface area contributed by atoms with Crippen LogP contribution >= 0.6 is 11.6 Å². The molecule has 0 bridgehead atoms. The Hall–Kier alpha value is -2.84. The van der Waals surface area contributed by atoms with Crippen LogP contribution in [0.1, 0.15) is 0 Å². The maximum absolute atomic E-state index is 6.22. The first-order chi connectivity index (χ1) is 11.8. The smallest absolute Gasteiger partial charge is 0.0956 e. The standard InChI is InChI=1S/C21H13ClN2/c22-15-7-5-6-14(12-15)20-21-18(13-16-8-3-4-11-24(16)21)17-9-1-2-10-19(17)23-20/h1-13H. The predicted molar refractivity (Wildman–Crippen MR) is 101 cm³/mol. The van der Waals surface area contributed by atoms with E-state index in [1.807, 2.05) is 30.3 Å². The van der Waals surface area contributed by atoms with Crippen LogP contribution in [0, 0.1) is 0 Å². The van der Waals surface area contributed by atoms with E-state index in [-0.39, 0.29) is 0 Å². The number of pyridine rings is 2. The van der Waals surface area contributed by atoms with Crippen LogP contribution < -0.4 is 0 Å². The summed E-state index contributed by atoms with van der Waals surface area (Å²) in [6.45, 7) is 0. The number of rotatable bonds is 1. The zero-order chi connectivity index (χ0) is 16.1. The van der Waals surface area contributed by atoms with Gasteiger partial charge in [0, 0.05) is 33.1 Å². The third-order valence-corrected chi connectivity index (χ3v) is 4.66. The van der Waals surface area contributed by atoms with Gasteiger partial charge in [0.2, 0.25) is 0 Å². The molecular weight excluding hydrogens is 316 g/mol. The minimum absolute atomic E-state index is 0.719. The number of halogens is 1. The summed E-state index contributed by atoms with van der Waals surface area (Å²) in [6, 6.07) is 24.6. The first-order valence-corrected chi connectivity index (χ1v) is 8.23. The fraction of sp³-hybridized carbons (Fsp3) is 0. The highest BCUT2D eigenvalue weighted by Crippen LogP contribution is 2.35. The van der Waals surface area contributed by atoms with Gasteiger partial charge in [-0.3, -0.25) is 0 Å². The summed E-state index contributed by atoms with van der Waals surface area (Å²) >= 11 is 6.22. The molecule has 0 saturated carbocycles. The van der Waals surface area contributed by atoms with Crippen LogP contribution in [-0.2, 0) is 0 Å². The zero-order valence-electron chi connectivity index (χ0n) is 12.8. The molecular formula is C21H13ClN2. The van der Waals surface area contributed by atoms with Gasteiger partial charge in [0.05, 0.1) is 16.7 Å². The van der Waals surface area contributed by atoms with E-state index in [1.54, 1.807) is 0 Å². The number of para-hydroxylation sites is 1. The highest BCUT2D eigenvalue weighted by molar-refractivity contribution is 6.31. The molecule has 114 valence electrons. The number of benzene rings is 2. The van der Waals surface area contributed by atoms with Gasteiger partial charge < -0.3 is 4.40 Å². The number of hydrogen-bond acceptors (Lipinski definition) is 1. The van der Waals surface area contributed by atoms with E-state index in [0.29, 0.717) is 0 Å². The Morgan fingerprint density at radius 1 is 0.792 bits per heavy atom. The molecule has 0 aliphatic heterocycles. The predicted octanol–water partition coefficient (Wildman–Crippen LogP) is 5.96. The van der Waals surface area contributed by atoms with Crippen molar-refractivity contribution >= 4 is 38.9 Å². The Kier molecular flexibility index (Phi) is 2.88. The summed E-state index contributed by atoms with van der Waals surface area (Å²) in [7, 11) is 0. The molecule has 24 heavy (non-hydrogen) atoms. The summed E-state index contributed by atoms with van der Waals surface area (Å²) < 4.78 is 2.20. The lowest BCUT2D eigenvalue weighted by Crippen LogP contribution is -1.91. The van der Waals surface area contributed by atoms with Gasteiger partial charge in [-0.15, -0.1) is 0 Å². The van der Waals surface area contributed by atoms with Crippen molar-refractivity contribution < 1.29 is 0 Å². The molecule has 5 rings (SSSR count). The Balaban J connectivity index is 2.04. The Morgan fingerprint density at radius 2 is 1.67 bits per heavy atom. The van der Waals surface area contributed by atoms with E-state index in [2.05, 4.69) is 53.1 Å². The van der Waals surface area contributed by atoms with E-state index >= 15 is 0 Å². The van der Waals surface area contributed by atoms with E-state index in [0.717, 1.165) is 32.8 Å². The molecule has 3 heterocycles. The summed E-state index contributed by atoms with van der Waals surface area (Å²) in [6.07, 6.45) is 2.09. The van der Waals surface area contributed by atoms with Crippen LogP contribution in [0.15, 0.2) is 79.0 Å². The molecule has 0 fully saturated rings. The molecule has 0 atom stereocenters.